The molecule has 2 heteroatoms. The zero-order valence-corrected chi connectivity index (χ0v) is 13.1. The molecule has 0 aliphatic carbocycles. The van der Waals surface area contributed by atoms with E-state index < -0.39 is 0 Å². The van der Waals surface area contributed by atoms with Crippen LogP contribution in [-0.2, 0) is 13.0 Å². The standard InChI is InChI=1S/C19H26N2/c1-3-17-9-11-19(12-10-17)16(2)21(14-13-20)15-18-7-5-4-6-8-18/h4-12,16H,3,13-15,20H2,1-2H3. The number of nitrogens with two attached hydrogens (primary N) is 1. The molecule has 0 spiro atoms. The lowest BCUT2D eigenvalue weighted by molar-refractivity contribution is 0.207. The molecule has 1 unspecified atom stereocenters. The van der Waals surface area contributed by atoms with Crippen LogP contribution in [-0.4, -0.2) is 18.0 Å². The Morgan fingerprint density at radius 1 is 0.952 bits per heavy atom. The van der Waals surface area contributed by atoms with Crippen molar-refractivity contribution < 1.29 is 0 Å². The lowest BCUT2D eigenvalue weighted by Crippen LogP contribution is -2.31. The predicted molar refractivity (Wildman–Crippen MR) is 90.1 cm³/mol. The van der Waals surface area contributed by atoms with E-state index in [-0.39, 0.29) is 0 Å². The average Bonchev–Trinajstić information content (AvgIpc) is 2.55. The molecular formula is C19H26N2. The fourth-order valence-corrected chi connectivity index (χ4v) is 2.64. The summed E-state index contributed by atoms with van der Waals surface area (Å²) in [6, 6.07) is 19.9. The first-order chi connectivity index (χ1) is 10.2. The summed E-state index contributed by atoms with van der Waals surface area (Å²) in [6.07, 6.45) is 1.09. The van der Waals surface area contributed by atoms with Crippen molar-refractivity contribution in [2.45, 2.75) is 32.9 Å². The summed E-state index contributed by atoms with van der Waals surface area (Å²) in [5.41, 5.74) is 9.89. The van der Waals surface area contributed by atoms with Crippen LogP contribution in [0, 0.1) is 0 Å². The molecule has 2 rings (SSSR count). The maximum atomic E-state index is 5.80. The normalized spacial score (nSPS) is 12.6. The summed E-state index contributed by atoms with van der Waals surface area (Å²) in [5, 5.41) is 0. The molecule has 2 nitrogen and oxygen atoms in total. The number of hydrogen-bond donors (Lipinski definition) is 1. The van der Waals surface area contributed by atoms with Crippen LogP contribution < -0.4 is 5.73 Å². The second kappa shape index (κ2) is 7.96. The molecule has 1 atom stereocenters. The number of hydrogen-bond acceptors (Lipinski definition) is 2. The third kappa shape index (κ3) is 4.42. The number of nitrogens with zero attached hydrogens (tertiary/aromatic N) is 1. The SMILES string of the molecule is CCc1ccc(C(C)N(CCN)Cc2ccccc2)cc1. The summed E-state index contributed by atoms with van der Waals surface area (Å²) in [7, 11) is 0. The average molecular weight is 282 g/mol. The Labute approximate surface area is 128 Å². The van der Waals surface area contributed by atoms with E-state index in [9.17, 15) is 0 Å². The minimum absolute atomic E-state index is 0.375. The Morgan fingerprint density at radius 2 is 1.62 bits per heavy atom. The molecule has 0 radical (unpaired) electrons. The van der Waals surface area contributed by atoms with E-state index in [2.05, 4.69) is 73.3 Å². The van der Waals surface area contributed by atoms with E-state index in [0.717, 1.165) is 19.5 Å². The minimum atomic E-state index is 0.375. The molecule has 21 heavy (non-hydrogen) atoms. The second-order valence-corrected chi connectivity index (χ2v) is 5.52. The van der Waals surface area contributed by atoms with Gasteiger partial charge >= 0.3 is 0 Å². The number of rotatable bonds is 7. The van der Waals surface area contributed by atoms with Gasteiger partial charge in [0.25, 0.3) is 0 Å². The molecule has 0 saturated carbocycles. The van der Waals surface area contributed by atoms with Gasteiger partial charge in [-0.05, 0) is 30.0 Å². The third-order valence-electron chi connectivity index (χ3n) is 4.06. The van der Waals surface area contributed by atoms with Gasteiger partial charge in [-0.15, -0.1) is 0 Å². The van der Waals surface area contributed by atoms with Crippen molar-refractivity contribution in [3.8, 4) is 0 Å². The predicted octanol–water partition coefficient (Wildman–Crippen LogP) is 3.77. The highest BCUT2D eigenvalue weighted by Gasteiger charge is 2.15. The van der Waals surface area contributed by atoms with E-state index >= 15 is 0 Å². The Balaban J connectivity index is 2.12. The fourth-order valence-electron chi connectivity index (χ4n) is 2.64. The van der Waals surface area contributed by atoms with Gasteiger partial charge in [0, 0.05) is 25.7 Å². The van der Waals surface area contributed by atoms with E-state index in [4.69, 9.17) is 5.73 Å². The van der Waals surface area contributed by atoms with Crippen LogP contribution >= 0.6 is 0 Å². The van der Waals surface area contributed by atoms with Gasteiger partial charge < -0.3 is 5.73 Å². The molecule has 2 aromatic carbocycles. The summed E-state index contributed by atoms with van der Waals surface area (Å²) in [4.78, 5) is 2.44. The Bertz CT molecular complexity index is 519. The largest absolute Gasteiger partial charge is 0.329 e. The molecule has 0 heterocycles. The molecule has 0 saturated heterocycles. The quantitative estimate of drug-likeness (QED) is 0.837. The summed E-state index contributed by atoms with van der Waals surface area (Å²) < 4.78 is 0. The second-order valence-electron chi connectivity index (χ2n) is 5.52. The molecular weight excluding hydrogens is 256 g/mol. The highest BCUT2D eigenvalue weighted by molar-refractivity contribution is 5.25. The maximum absolute atomic E-state index is 5.80. The first kappa shape index (κ1) is 15.7. The van der Waals surface area contributed by atoms with Gasteiger partial charge in [0.15, 0.2) is 0 Å². The van der Waals surface area contributed by atoms with Gasteiger partial charge in [-0.3, -0.25) is 4.90 Å². The summed E-state index contributed by atoms with van der Waals surface area (Å²) >= 11 is 0. The highest BCUT2D eigenvalue weighted by atomic mass is 15.2. The monoisotopic (exact) mass is 282 g/mol. The van der Waals surface area contributed by atoms with Gasteiger partial charge in [0.1, 0.15) is 0 Å². The zero-order valence-electron chi connectivity index (χ0n) is 13.1. The first-order valence-corrected chi connectivity index (χ1v) is 7.81. The van der Waals surface area contributed by atoms with Gasteiger partial charge in [-0.25, -0.2) is 0 Å². The van der Waals surface area contributed by atoms with Gasteiger partial charge in [-0.1, -0.05) is 61.5 Å². The molecule has 0 aromatic heterocycles. The lowest BCUT2D eigenvalue weighted by atomic mass is 10.0. The first-order valence-electron chi connectivity index (χ1n) is 7.81. The van der Waals surface area contributed by atoms with Crippen molar-refractivity contribution in [2.75, 3.05) is 13.1 Å². The van der Waals surface area contributed by atoms with Crippen molar-refractivity contribution in [3.63, 3.8) is 0 Å². The van der Waals surface area contributed by atoms with Crippen LogP contribution in [0.15, 0.2) is 54.6 Å². The van der Waals surface area contributed by atoms with Crippen LogP contribution in [0.5, 0.6) is 0 Å². The molecule has 0 fully saturated rings. The topological polar surface area (TPSA) is 29.3 Å². The maximum Gasteiger partial charge on any atom is 0.0323 e. The van der Waals surface area contributed by atoms with Crippen LogP contribution in [0.25, 0.3) is 0 Å². The van der Waals surface area contributed by atoms with Crippen molar-refractivity contribution in [3.05, 3.63) is 71.3 Å². The Hall–Kier alpha value is -1.64. The molecule has 2 aromatic rings. The van der Waals surface area contributed by atoms with E-state index in [1.165, 1.54) is 16.7 Å². The minimum Gasteiger partial charge on any atom is -0.329 e. The van der Waals surface area contributed by atoms with Crippen LogP contribution in [0.2, 0.25) is 0 Å². The lowest BCUT2D eigenvalue weighted by Gasteiger charge is -2.29. The molecule has 0 aliphatic heterocycles. The van der Waals surface area contributed by atoms with Crippen molar-refractivity contribution in [1.82, 2.24) is 4.90 Å². The molecule has 0 aliphatic rings. The van der Waals surface area contributed by atoms with Crippen LogP contribution in [0.1, 0.15) is 36.6 Å². The number of benzene rings is 2. The van der Waals surface area contributed by atoms with Crippen LogP contribution in [0.3, 0.4) is 0 Å². The fraction of sp³-hybridized carbons (Fsp3) is 0.368. The van der Waals surface area contributed by atoms with Crippen molar-refractivity contribution >= 4 is 0 Å². The molecule has 0 bridgehead atoms. The van der Waals surface area contributed by atoms with E-state index in [0.29, 0.717) is 12.6 Å². The Morgan fingerprint density at radius 3 is 2.19 bits per heavy atom. The van der Waals surface area contributed by atoms with Crippen molar-refractivity contribution in [1.29, 1.82) is 0 Å². The molecule has 112 valence electrons. The smallest absolute Gasteiger partial charge is 0.0323 e. The van der Waals surface area contributed by atoms with Gasteiger partial charge in [-0.2, -0.15) is 0 Å². The summed E-state index contributed by atoms with van der Waals surface area (Å²) in [6.45, 7) is 6.98. The van der Waals surface area contributed by atoms with E-state index in [1.54, 1.807) is 0 Å². The zero-order chi connectivity index (χ0) is 15.1. The molecule has 2 N–H and O–H groups in total. The van der Waals surface area contributed by atoms with Crippen molar-refractivity contribution in [2.24, 2.45) is 5.73 Å². The number of aryl methyl sites for hydroxylation is 1. The van der Waals surface area contributed by atoms with Gasteiger partial charge in [0.05, 0.1) is 0 Å². The van der Waals surface area contributed by atoms with Crippen LogP contribution in [0.4, 0.5) is 0 Å². The molecule has 0 amide bonds. The van der Waals surface area contributed by atoms with Gasteiger partial charge in [0.2, 0.25) is 0 Å². The highest BCUT2D eigenvalue weighted by Crippen LogP contribution is 2.22. The van der Waals surface area contributed by atoms with E-state index in [1.807, 2.05) is 0 Å². The summed E-state index contributed by atoms with van der Waals surface area (Å²) in [5.74, 6) is 0. The Kier molecular flexibility index (Phi) is 5.97. The third-order valence-corrected chi connectivity index (χ3v) is 4.06.